The Morgan fingerprint density at radius 3 is 2.52 bits per heavy atom. The first-order chi connectivity index (χ1) is 10.9. The highest BCUT2D eigenvalue weighted by Crippen LogP contribution is 2.22. The van der Waals surface area contributed by atoms with Gasteiger partial charge in [0, 0.05) is 23.5 Å². The maximum Gasteiger partial charge on any atom is 0.330 e. The third kappa shape index (κ3) is 3.63. The van der Waals surface area contributed by atoms with Crippen molar-refractivity contribution in [3.63, 3.8) is 0 Å². The van der Waals surface area contributed by atoms with Crippen molar-refractivity contribution in [3.8, 4) is 5.82 Å². The molecule has 0 aromatic carbocycles. The number of rotatable bonds is 5. The van der Waals surface area contributed by atoms with Gasteiger partial charge in [-0.3, -0.25) is 10.1 Å². The fourth-order valence-electron chi connectivity index (χ4n) is 2.23. The molecule has 0 saturated carbocycles. The van der Waals surface area contributed by atoms with Crippen LogP contribution in [0.4, 0.5) is 5.69 Å². The summed E-state index contributed by atoms with van der Waals surface area (Å²) in [6, 6.07) is 6.84. The van der Waals surface area contributed by atoms with E-state index >= 15 is 0 Å². The van der Waals surface area contributed by atoms with Crippen molar-refractivity contribution in [3.05, 3.63) is 57.5 Å². The van der Waals surface area contributed by atoms with Gasteiger partial charge < -0.3 is 9.30 Å². The van der Waals surface area contributed by atoms with Gasteiger partial charge in [0.1, 0.15) is 11.5 Å². The van der Waals surface area contributed by atoms with Crippen molar-refractivity contribution in [1.82, 2.24) is 9.55 Å². The lowest BCUT2D eigenvalue weighted by atomic mass is 10.2. The van der Waals surface area contributed by atoms with Crippen LogP contribution in [0.3, 0.4) is 0 Å². The van der Waals surface area contributed by atoms with Gasteiger partial charge in [-0.05, 0) is 45.0 Å². The van der Waals surface area contributed by atoms with Gasteiger partial charge in [-0.1, -0.05) is 0 Å². The zero-order valence-corrected chi connectivity index (χ0v) is 13.1. The van der Waals surface area contributed by atoms with Crippen molar-refractivity contribution >= 4 is 17.7 Å². The molecule has 0 aliphatic rings. The molecule has 2 aromatic rings. The second-order valence-corrected chi connectivity index (χ2v) is 4.87. The average molecular weight is 315 g/mol. The molecule has 7 heteroatoms. The average Bonchev–Trinajstić information content (AvgIpc) is 2.84. The monoisotopic (exact) mass is 315 g/mol. The van der Waals surface area contributed by atoms with Crippen LogP contribution in [-0.4, -0.2) is 27.1 Å². The highest BCUT2D eigenvalue weighted by molar-refractivity contribution is 5.87. The SMILES string of the molecule is CCOC(=O)C=Cc1nc(-n2c(C)ccc2C)ccc1[N+](=O)[O-]. The van der Waals surface area contributed by atoms with Gasteiger partial charge in [0.05, 0.1) is 11.5 Å². The molecule has 0 aliphatic carbocycles. The van der Waals surface area contributed by atoms with Crippen molar-refractivity contribution in [1.29, 1.82) is 0 Å². The van der Waals surface area contributed by atoms with Crippen molar-refractivity contribution < 1.29 is 14.5 Å². The van der Waals surface area contributed by atoms with E-state index in [4.69, 9.17) is 4.74 Å². The molecule has 120 valence electrons. The molecule has 0 N–H and O–H groups in total. The lowest BCUT2D eigenvalue weighted by Gasteiger charge is -2.09. The van der Waals surface area contributed by atoms with Crippen LogP contribution in [-0.2, 0) is 9.53 Å². The molecule has 2 heterocycles. The summed E-state index contributed by atoms with van der Waals surface area (Å²) >= 11 is 0. The van der Waals surface area contributed by atoms with Crippen molar-refractivity contribution in [2.24, 2.45) is 0 Å². The van der Waals surface area contributed by atoms with Gasteiger partial charge in [-0.25, -0.2) is 9.78 Å². The van der Waals surface area contributed by atoms with E-state index in [-0.39, 0.29) is 18.0 Å². The summed E-state index contributed by atoms with van der Waals surface area (Å²) in [5, 5.41) is 11.1. The molecule has 0 aliphatic heterocycles. The molecule has 0 spiro atoms. The zero-order valence-electron chi connectivity index (χ0n) is 13.1. The van der Waals surface area contributed by atoms with E-state index in [1.54, 1.807) is 13.0 Å². The van der Waals surface area contributed by atoms with E-state index in [0.29, 0.717) is 5.82 Å². The molecule has 0 fully saturated rings. The smallest absolute Gasteiger partial charge is 0.330 e. The minimum Gasteiger partial charge on any atom is -0.463 e. The summed E-state index contributed by atoms with van der Waals surface area (Å²) in [4.78, 5) is 26.3. The first-order valence-electron chi connectivity index (χ1n) is 7.09. The summed E-state index contributed by atoms with van der Waals surface area (Å²) in [7, 11) is 0. The third-order valence-electron chi connectivity index (χ3n) is 3.25. The first-order valence-corrected chi connectivity index (χ1v) is 7.09. The van der Waals surface area contributed by atoms with Crippen LogP contribution in [0.5, 0.6) is 0 Å². The largest absolute Gasteiger partial charge is 0.463 e. The van der Waals surface area contributed by atoms with Crippen molar-refractivity contribution in [2.45, 2.75) is 20.8 Å². The van der Waals surface area contributed by atoms with Crippen LogP contribution in [0.15, 0.2) is 30.3 Å². The highest BCUT2D eigenvalue weighted by Gasteiger charge is 2.16. The molecular weight excluding hydrogens is 298 g/mol. The van der Waals surface area contributed by atoms with Gasteiger partial charge in [-0.2, -0.15) is 0 Å². The molecule has 0 unspecified atom stereocenters. The van der Waals surface area contributed by atoms with Gasteiger partial charge >= 0.3 is 5.97 Å². The molecule has 23 heavy (non-hydrogen) atoms. The van der Waals surface area contributed by atoms with Gasteiger partial charge in [0.2, 0.25) is 0 Å². The third-order valence-corrected chi connectivity index (χ3v) is 3.25. The number of esters is 1. The van der Waals surface area contributed by atoms with E-state index in [0.717, 1.165) is 17.5 Å². The lowest BCUT2D eigenvalue weighted by Crippen LogP contribution is -2.05. The Kier molecular flexibility index (Phi) is 4.90. The number of pyridine rings is 1. The number of carbonyl (C=O) groups excluding carboxylic acids is 1. The van der Waals surface area contributed by atoms with E-state index in [2.05, 4.69) is 4.98 Å². The molecular formula is C16H17N3O4. The van der Waals surface area contributed by atoms with Gasteiger partial charge in [0.25, 0.3) is 5.69 Å². The number of nitro groups is 1. The summed E-state index contributed by atoms with van der Waals surface area (Å²) in [5.41, 5.74) is 1.86. The summed E-state index contributed by atoms with van der Waals surface area (Å²) < 4.78 is 6.66. The van der Waals surface area contributed by atoms with E-state index in [9.17, 15) is 14.9 Å². The Balaban J connectivity index is 2.48. The first kappa shape index (κ1) is 16.4. The maximum absolute atomic E-state index is 11.4. The number of aromatic nitrogens is 2. The fraction of sp³-hybridized carbons (Fsp3) is 0.250. The highest BCUT2D eigenvalue weighted by atomic mass is 16.6. The normalized spacial score (nSPS) is 10.9. The molecule has 0 saturated heterocycles. The quantitative estimate of drug-likeness (QED) is 0.366. The lowest BCUT2D eigenvalue weighted by molar-refractivity contribution is -0.385. The predicted molar refractivity (Wildman–Crippen MR) is 85.4 cm³/mol. The molecule has 0 amide bonds. The van der Waals surface area contributed by atoms with Crippen LogP contribution in [0, 0.1) is 24.0 Å². The van der Waals surface area contributed by atoms with Crippen LogP contribution in [0.1, 0.15) is 24.0 Å². The topological polar surface area (TPSA) is 87.3 Å². The number of carbonyl (C=O) groups is 1. The number of aryl methyl sites for hydroxylation is 2. The molecule has 0 atom stereocenters. The Morgan fingerprint density at radius 2 is 1.96 bits per heavy atom. The molecule has 2 aromatic heterocycles. The minimum absolute atomic E-state index is 0.105. The van der Waals surface area contributed by atoms with E-state index in [1.165, 1.54) is 12.1 Å². The maximum atomic E-state index is 11.4. The van der Waals surface area contributed by atoms with E-state index in [1.807, 2.05) is 30.5 Å². The number of nitrogens with zero attached hydrogens (tertiary/aromatic N) is 3. The van der Waals surface area contributed by atoms with E-state index < -0.39 is 10.9 Å². The van der Waals surface area contributed by atoms with Crippen LogP contribution >= 0.6 is 0 Å². The molecule has 0 bridgehead atoms. The summed E-state index contributed by atoms with van der Waals surface area (Å²) in [6.07, 6.45) is 2.44. The zero-order chi connectivity index (χ0) is 17.0. The van der Waals surface area contributed by atoms with Crippen LogP contribution < -0.4 is 0 Å². The number of hydrogen-bond donors (Lipinski definition) is 0. The second-order valence-electron chi connectivity index (χ2n) is 4.87. The number of ether oxygens (including phenoxy) is 1. The summed E-state index contributed by atoms with van der Waals surface area (Å²) in [5.74, 6) is -0.0126. The van der Waals surface area contributed by atoms with Crippen molar-refractivity contribution in [2.75, 3.05) is 6.61 Å². The minimum atomic E-state index is -0.567. The Hall–Kier alpha value is -2.96. The molecule has 7 nitrogen and oxygen atoms in total. The van der Waals surface area contributed by atoms with Gasteiger partial charge in [0.15, 0.2) is 0 Å². The molecule has 2 rings (SSSR count). The Morgan fingerprint density at radius 1 is 1.30 bits per heavy atom. The van der Waals surface area contributed by atoms with Crippen LogP contribution in [0.2, 0.25) is 0 Å². The summed E-state index contributed by atoms with van der Waals surface area (Å²) in [6.45, 7) is 5.76. The molecule has 0 radical (unpaired) electrons. The predicted octanol–water partition coefficient (Wildman–Crippen LogP) is 2.97. The fourth-order valence-corrected chi connectivity index (χ4v) is 2.23. The van der Waals surface area contributed by atoms with Gasteiger partial charge in [-0.15, -0.1) is 0 Å². The Bertz CT molecular complexity index is 758. The second kappa shape index (κ2) is 6.87. The number of hydrogen-bond acceptors (Lipinski definition) is 5. The Labute approximate surface area is 133 Å². The van der Waals surface area contributed by atoms with Crippen LogP contribution in [0.25, 0.3) is 11.9 Å². The standard InChI is InChI=1S/C16H17N3O4/c1-4-23-16(20)10-7-13-14(19(21)22)8-9-15(17-13)18-11(2)5-6-12(18)3/h5-10H,4H2,1-3H3.